The van der Waals surface area contributed by atoms with E-state index in [4.69, 9.17) is 9.47 Å². The molecule has 1 unspecified atom stereocenters. The summed E-state index contributed by atoms with van der Waals surface area (Å²) < 4.78 is 12.1. The number of benzene rings is 1. The van der Waals surface area contributed by atoms with Gasteiger partial charge in [-0.1, -0.05) is 22.0 Å². The van der Waals surface area contributed by atoms with Crippen LogP contribution in [0.25, 0.3) is 0 Å². The van der Waals surface area contributed by atoms with E-state index in [0.717, 1.165) is 35.2 Å². The maximum Gasteiger partial charge on any atom is 0.126 e. The fourth-order valence-corrected chi connectivity index (χ4v) is 2.09. The molecule has 76 valence electrons. The van der Waals surface area contributed by atoms with Crippen LogP contribution in [0, 0.1) is 0 Å². The molecular weight excluding hydrogens is 244 g/mol. The van der Waals surface area contributed by atoms with Crippen LogP contribution < -0.4 is 4.74 Å². The lowest BCUT2D eigenvalue weighted by Gasteiger charge is -2.14. The molecule has 14 heavy (non-hydrogen) atoms. The molecular formula is C11H13BrO2. The minimum absolute atomic E-state index is 0.181. The van der Waals surface area contributed by atoms with E-state index in [0.29, 0.717) is 0 Å². The van der Waals surface area contributed by atoms with E-state index >= 15 is 0 Å². The van der Waals surface area contributed by atoms with Crippen molar-refractivity contribution >= 4 is 15.9 Å². The smallest absolute Gasteiger partial charge is 0.126 e. The number of methoxy groups -OCH3 is 1. The second-order valence-corrected chi connectivity index (χ2v) is 4.31. The summed E-state index contributed by atoms with van der Waals surface area (Å²) in [5, 5.41) is 0. The molecule has 0 amide bonds. The molecule has 1 heterocycles. The second kappa shape index (κ2) is 4.32. The third-order valence-corrected chi connectivity index (χ3v) is 2.97. The highest BCUT2D eigenvalue weighted by Gasteiger charge is 2.19. The van der Waals surface area contributed by atoms with Crippen molar-refractivity contribution in [2.45, 2.75) is 18.9 Å². The molecule has 0 N–H and O–H groups in total. The zero-order valence-corrected chi connectivity index (χ0v) is 9.71. The molecule has 0 radical (unpaired) electrons. The van der Waals surface area contributed by atoms with Gasteiger partial charge in [-0.25, -0.2) is 0 Å². The Morgan fingerprint density at radius 1 is 1.50 bits per heavy atom. The average Bonchev–Trinajstić information content (AvgIpc) is 2.38. The SMILES string of the molecule is COC1CCCOc2cc(Br)ccc21. The first-order valence-corrected chi connectivity index (χ1v) is 5.55. The zero-order valence-electron chi connectivity index (χ0n) is 8.13. The number of hydrogen-bond donors (Lipinski definition) is 0. The third-order valence-electron chi connectivity index (χ3n) is 2.48. The number of ether oxygens (including phenoxy) is 2. The monoisotopic (exact) mass is 256 g/mol. The number of fused-ring (bicyclic) bond motifs is 1. The normalized spacial score (nSPS) is 20.9. The highest BCUT2D eigenvalue weighted by molar-refractivity contribution is 9.10. The van der Waals surface area contributed by atoms with E-state index in [1.807, 2.05) is 12.1 Å². The van der Waals surface area contributed by atoms with Gasteiger partial charge in [0.25, 0.3) is 0 Å². The van der Waals surface area contributed by atoms with Gasteiger partial charge in [0, 0.05) is 17.1 Å². The fraction of sp³-hybridized carbons (Fsp3) is 0.455. The van der Waals surface area contributed by atoms with Crippen LogP contribution in [-0.4, -0.2) is 13.7 Å². The number of rotatable bonds is 1. The van der Waals surface area contributed by atoms with E-state index in [1.54, 1.807) is 7.11 Å². The summed E-state index contributed by atoms with van der Waals surface area (Å²) >= 11 is 3.44. The van der Waals surface area contributed by atoms with Crippen molar-refractivity contribution in [1.82, 2.24) is 0 Å². The number of halogens is 1. The van der Waals surface area contributed by atoms with Crippen LogP contribution in [-0.2, 0) is 4.74 Å². The summed E-state index contributed by atoms with van der Waals surface area (Å²) in [6.07, 6.45) is 2.26. The first-order valence-electron chi connectivity index (χ1n) is 4.76. The Bertz CT molecular complexity index is 325. The fourth-order valence-electron chi connectivity index (χ4n) is 1.75. The summed E-state index contributed by atoms with van der Waals surface area (Å²) in [5.74, 6) is 0.948. The standard InChI is InChI=1S/C11H13BrO2/c1-13-10-3-2-6-14-11-7-8(12)4-5-9(10)11/h4-5,7,10H,2-3,6H2,1H3. The van der Waals surface area contributed by atoms with Crippen molar-refractivity contribution in [2.75, 3.05) is 13.7 Å². The molecule has 3 heteroatoms. The van der Waals surface area contributed by atoms with Crippen molar-refractivity contribution in [1.29, 1.82) is 0 Å². The molecule has 1 aromatic carbocycles. The van der Waals surface area contributed by atoms with Gasteiger partial charge in [-0.05, 0) is 25.0 Å². The van der Waals surface area contributed by atoms with Gasteiger partial charge >= 0.3 is 0 Å². The van der Waals surface area contributed by atoms with Crippen LogP contribution in [0.5, 0.6) is 5.75 Å². The quantitative estimate of drug-likeness (QED) is 0.768. The predicted molar refractivity (Wildman–Crippen MR) is 58.6 cm³/mol. The van der Waals surface area contributed by atoms with Crippen molar-refractivity contribution in [3.63, 3.8) is 0 Å². The van der Waals surface area contributed by atoms with Gasteiger partial charge in [-0.15, -0.1) is 0 Å². The number of hydrogen-bond acceptors (Lipinski definition) is 2. The maximum atomic E-state index is 5.65. The maximum absolute atomic E-state index is 5.65. The largest absolute Gasteiger partial charge is 0.493 e. The Labute approximate surface area is 92.3 Å². The molecule has 0 bridgehead atoms. The minimum Gasteiger partial charge on any atom is -0.493 e. The molecule has 1 aromatic rings. The molecule has 0 aromatic heterocycles. The van der Waals surface area contributed by atoms with Gasteiger partial charge in [0.2, 0.25) is 0 Å². The summed E-state index contributed by atoms with van der Waals surface area (Å²) in [6.45, 7) is 0.781. The van der Waals surface area contributed by atoms with Gasteiger partial charge in [0.05, 0.1) is 12.7 Å². The topological polar surface area (TPSA) is 18.5 Å². The molecule has 0 saturated carbocycles. The molecule has 0 saturated heterocycles. The molecule has 0 fully saturated rings. The summed E-state index contributed by atoms with van der Waals surface area (Å²) in [7, 11) is 1.75. The van der Waals surface area contributed by atoms with Crippen LogP contribution in [0.2, 0.25) is 0 Å². The van der Waals surface area contributed by atoms with Crippen LogP contribution in [0.4, 0.5) is 0 Å². The van der Waals surface area contributed by atoms with Crippen molar-refractivity contribution in [2.24, 2.45) is 0 Å². The van der Waals surface area contributed by atoms with Gasteiger partial charge in [0.15, 0.2) is 0 Å². The Morgan fingerprint density at radius 2 is 2.36 bits per heavy atom. The summed E-state index contributed by atoms with van der Waals surface area (Å²) in [4.78, 5) is 0. The molecule has 1 aliphatic rings. The second-order valence-electron chi connectivity index (χ2n) is 3.40. The molecule has 2 rings (SSSR count). The zero-order chi connectivity index (χ0) is 9.97. The Hall–Kier alpha value is -0.540. The van der Waals surface area contributed by atoms with Crippen molar-refractivity contribution in [3.8, 4) is 5.75 Å². The molecule has 1 atom stereocenters. The molecule has 2 nitrogen and oxygen atoms in total. The summed E-state index contributed by atoms with van der Waals surface area (Å²) in [5.41, 5.74) is 1.16. The van der Waals surface area contributed by atoms with Crippen molar-refractivity contribution < 1.29 is 9.47 Å². The lowest BCUT2D eigenvalue weighted by Crippen LogP contribution is -1.99. The Balaban J connectivity index is 2.39. The summed E-state index contributed by atoms with van der Waals surface area (Å²) in [6, 6.07) is 6.10. The Morgan fingerprint density at radius 3 is 3.14 bits per heavy atom. The molecule has 1 aliphatic heterocycles. The highest BCUT2D eigenvalue weighted by Crippen LogP contribution is 2.35. The van der Waals surface area contributed by atoms with Gasteiger partial charge < -0.3 is 9.47 Å². The van der Waals surface area contributed by atoms with Crippen molar-refractivity contribution in [3.05, 3.63) is 28.2 Å². The van der Waals surface area contributed by atoms with Gasteiger partial charge in [0.1, 0.15) is 5.75 Å². The third kappa shape index (κ3) is 1.93. The highest BCUT2D eigenvalue weighted by atomic mass is 79.9. The predicted octanol–water partition coefficient (Wildman–Crippen LogP) is 3.31. The first-order chi connectivity index (χ1) is 6.81. The van der Waals surface area contributed by atoms with Crippen LogP contribution in [0.1, 0.15) is 24.5 Å². The first kappa shape index (κ1) is 9.99. The molecule has 0 spiro atoms. The van der Waals surface area contributed by atoms with E-state index in [9.17, 15) is 0 Å². The van der Waals surface area contributed by atoms with Crippen LogP contribution in [0.3, 0.4) is 0 Å². The van der Waals surface area contributed by atoms with Crippen LogP contribution in [0.15, 0.2) is 22.7 Å². The lowest BCUT2D eigenvalue weighted by molar-refractivity contribution is 0.0961. The van der Waals surface area contributed by atoms with E-state index < -0.39 is 0 Å². The van der Waals surface area contributed by atoms with E-state index in [1.165, 1.54) is 0 Å². The Kier molecular flexibility index (Phi) is 3.08. The lowest BCUT2D eigenvalue weighted by atomic mass is 10.1. The van der Waals surface area contributed by atoms with E-state index in [-0.39, 0.29) is 6.10 Å². The van der Waals surface area contributed by atoms with Gasteiger partial charge in [-0.2, -0.15) is 0 Å². The average molecular weight is 257 g/mol. The van der Waals surface area contributed by atoms with E-state index in [2.05, 4.69) is 22.0 Å². The minimum atomic E-state index is 0.181. The van der Waals surface area contributed by atoms with Gasteiger partial charge in [-0.3, -0.25) is 0 Å². The molecule has 0 aliphatic carbocycles. The van der Waals surface area contributed by atoms with Crippen LogP contribution >= 0.6 is 15.9 Å².